The fraction of sp³-hybridized carbons (Fsp3) is 0.920. The molecule has 0 aromatic carbocycles. The fourth-order valence-electron chi connectivity index (χ4n) is 16.2. The van der Waals surface area contributed by atoms with Gasteiger partial charge < -0.3 is 52.1 Å². The molecule has 10 atom stereocenters. The van der Waals surface area contributed by atoms with Gasteiger partial charge in [-0.05, 0) is 51.4 Å². The number of carbonyl (C=O) groups is 8. The highest BCUT2D eigenvalue weighted by Crippen LogP contribution is 2.38. The molecule has 0 unspecified atom stereocenters. The van der Waals surface area contributed by atoms with E-state index in [2.05, 4.69) is 55.4 Å². The van der Waals surface area contributed by atoms with Crippen LogP contribution in [-0.4, -0.2) is 122 Å². The van der Waals surface area contributed by atoms with Crippen LogP contribution >= 0.6 is 0 Å². The molecule has 696 valence electrons. The highest BCUT2D eigenvalue weighted by molar-refractivity contribution is 5.73. The lowest BCUT2D eigenvalue weighted by Crippen LogP contribution is -2.67. The van der Waals surface area contributed by atoms with Crippen molar-refractivity contribution in [3.8, 4) is 0 Å². The van der Waals surface area contributed by atoms with Gasteiger partial charge in [0.1, 0.15) is 31.5 Å². The van der Waals surface area contributed by atoms with Crippen molar-refractivity contribution in [2.45, 2.75) is 579 Å². The Balaban J connectivity index is 3.18. The lowest BCUT2D eigenvalue weighted by molar-refractivity contribution is -0.358. The topological polar surface area (TPSA) is 238 Å². The van der Waals surface area contributed by atoms with Crippen molar-refractivity contribution in [2.24, 2.45) is 0 Å². The van der Waals surface area contributed by atoms with Crippen molar-refractivity contribution in [1.82, 2.24) is 0 Å². The zero-order chi connectivity index (χ0) is 86.5. The summed E-state index contributed by atoms with van der Waals surface area (Å²) in [5, 5.41) is 0. The minimum atomic E-state index is -1.86. The van der Waals surface area contributed by atoms with E-state index < -0.39 is 122 Å². The van der Waals surface area contributed by atoms with Crippen LogP contribution in [0.1, 0.15) is 518 Å². The molecule has 19 nitrogen and oxygen atoms in total. The SMILES string of the molecule is CCCCCCCCCCC(=O)OC[C@H]1O[C@@H](O[C@H]2[C@H](OC(=O)CCCCCCCCCC)[C@@H](OC(=O)CCCCCCCCCC)[C@H](OC(=O)CCCCCCCCCC)O[C@@H]2COC(=O)CCCCCCCCCC)[C@H](OC(=O)CCCCCCCCCC)[C@@H](OC(=O)CCCCCCCCCC)[C@@H]1OC(=O)CCCCCCCCCC. The second-order valence-corrected chi connectivity index (χ2v) is 35.1. The second kappa shape index (κ2) is 79.5. The third-order valence-electron chi connectivity index (χ3n) is 23.8. The van der Waals surface area contributed by atoms with Gasteiger partial charge >= 0.3 is 47.8 Å². The molecule has 2 aliphatic heterocycles. The Kier molecular flexibility index (Phi) is 74.0. The van der Waals surface area contributed by atoms with Gasteiger partial charge in [-0.2, -0.15) is 0 Å². The van der Waals surface area contributed by atoms with Crippen LogP contribution in [0.3, 0.4) is 0 Å². The highest BCUT2D eigenvalue weighted by Gasteiger charge is 2.59. The Hall–Kier alpha value is -4.36. The second-order valence-electron chi connectivity index (χ2n) is 35.1. The van der Waals surface area contributed by atoms with Gasteiger partial charge in [0, 0.05) is 51.4 Å². The van der Waals surface area contributed by atoms with Crippen molar-refractivity contribution < 1.29 is 90.5 Å². The van der Waals surface area contributed by atoms with Crippen LogP contribution in [0.25, 0.3) is 0 Å². The van der Waals surface area contributed by atoms with E-state index >= 15 is 9.59 Å². The number of rotatable bonds is 84. The quantitative estimate of drug-likeness (QED) is 0.0312. The summed E-state index contributed by atoms with van der Waals surface area (Å²) in [6, 6.07) is 0. The Morgan fingerprint density at radius 2 is 0.345 bits per heavy atom. The monoisotopic (exact) mass is 1690 g/mol. The molecule has 2 fully saturated rings. The van der Waals surface area contributed by atoms with E-state index in [1.54, 1.807) is 0 Å². The van der Waals surface area contributed by atoms with Crippen LogP contribution in [-0.2, 0) is 90.5 Å². The molecule has 2 heterocycles. The van der Waals surface area contributed by atoms with Gasteiger partial charge in [-0.25, -0.2) is 0 Å². The minimum Gasteiger partial charge on any atom is -0.463 e. The molecule has 0 N–H and O–H groups in total. The summed E-state index contributed by atoms with van der Waals surface area (Å²) in [6.45, 7) is 16.4. The first kappa shape index (κ1) is 111. The lowest BCUT2D eigenvalue weighted by atomic mass is 9.95. The number of unbranched alkanes of at least 4 members (excludes halogenated alkanes) is 56. The van der Waals surface area contributed by atoms with Gasteiger partial charge in [-0.15, -0.1) is 0 Å². The first-order valence-corrected chi connectivity index (χ1v) is 50.6. The van der Waals surface area contributed by atoms with E-state index in [4.69, 9.17) is 52.1 Å². The van der Waals surface area contributed by atoms with Crippen LogP contribution in [0.15, 0.2) is 0 Å². The zero-order valence-electron chi connectivity index (χ0n) is 77.9. The summed E-state index contributed by atoms with van der Waals surface area (Å²) in [4.78, 5) is 118. The van der Waals surface area contributed by atoms with Crippen molar-refractivity contribution in [1.29, 1.82) is 0 Å². The van der Waals surface area contributed by atoms with Gasteiger partial charge in [-0.3, -0.25) is 38.4 Å². The molecule has 0 spiro atoms. The largest absolute Gasteiger partial charge is 0.463 e. The van der Waals surface area contributed by atoms with E-state index in [1.807, 2.05) is 0 Å². The molecule has 0 aromatic rings. The predicted molar refractivity (Wildman–Crippen MR) is 477 cm³/mol. The van der Waals surface area contributed by atoms with E-state index in [9.17, 15) is 28.8 Å². The molecular weight excluding hydrogens is 1510 g/mol. The van der Waals surface area contributed by atoms with Crippen LogP contribution in [0.4, 0.5) is 0 Å². The van der Waals surface area contributed by atoms with Crippen LogP contribution < -0.4 is 0 Å². The van der Waals surface area contributed by atoms with Crippen molar-refractivity contribution in [2.75, 3.05) is 13.2 Å². The normalized spacial score (nSPS) is 19.1. The molecule has 2 aliphatic rings. The summed E-state index contributed by atoms with van der Waals surface area (Å²) >= 11 is 0. The number of esters is 8. The Morgan fingerprint density at radius 3 is 0.588 bits per heavy atom. The van der Waals surface area contributed by atoms with Gasteiger partial charge in [0.2, 0.25) is 12.4 Å². The smallest absolute Gasteiger partial charge is 0.308 e. The first-order valence-electron chi connectivity index (χ1n) is 50.6. The van der Waals surface area contributed by atoms with E-state index in [0.29, 0.717) is 51.4 Å². The third kappa shape index (κ3) is 60.0. The van der Waals surface area contributed by atoms with Gasteiger partial charge in [0.15, 0.2) is 30.7 Å². The van der Waals surface area contributed by atoms with E-state index in [0.717, 1.165) is 327 Å². The van der Waals surface area contributed by atoms with Gasteiger partial charge in [0.25, 0.3) is 0 Å². The van der Waals surface area contributed by atoms with E-state index in [1.165, 1.54) is 32.1 Å². The summed E-state index contributed by atoms with van der Waals surface area (Å²) in [7, 11) is 0. The molecular formula is C100H182O19. The first-order chi connectivity index (χ1) is 58.2. The maximum Gasteiger partial charge on any atom is 0.308 e. The molecule has 2 rings (SSSR count). The molecule has 0 aliphatic carbocycles. The average Bonchev–Trinajstić information content (AvgIpc) is 0.762. The summed E-state index contributed by atoms with van der Waals surface area (Å²) in [6.07, 6.45) is 45.7. The van der Waals surface area contributed by atoms with Crippen molar-refractivity contribution >= 4 is 47.8 Å². The van der Waals surface area contributed by atoms with Gasteiger partial charge in [-0.1, -0.05) is 415 Å². The Morgan fingerprint density at radius 1 is 0.176 bits per heavy atom. The molecule has 0 saturated carbocycles. The van der Waals surface area contributed by atoms with Crippen molar-refractivity contribution in [3.63, 3.8) is 0 Å². The molecule has 0 bridgehead atoms. The summed E-state index contributed by atoms with van der Waals surface area (Å²) in [5.74, 6) is -5.01. The predicted octanol–water partition coefficient (Wildman–Crippen LogP) is 27.3. The lowest BCUT2D eigenvalue weighted by Gasteiger charge is -2.48. The average molecular weight is 1690 g/mol. The fourth-order valence-corrected chi connectivity index (χ4v) is 16.2. The maximum absolute atomic E-state index is 15.1. The summed E-state index contributed by atoms with van der Waals surface area (Å²) in [5.41, 5.74) is 0. The molecule has 0 amide bonds. The number of hydrogen-bond donors (Lipinski definition) is 0. The molecule has 119 heavy (non-hydrogen) atoms. The Labute approximate surface area is 726 Å². The zero-order valence-corrected chi connectivity index (χ0v) is 77.9. The minimum absolute atomic E-state index is 0.00581. The standard InChI is InChI=1S/C100H182O19/c1-9-17-25-33-41-49-57-65-73-85(101)109-81-83-93(113-87(103)75-67-59-51-43-35-27-19-11-3)95(114-88(104)76-68-60-52-44-36-28-20-12-4)98(117-91(107)79-71-63-55-47-39-31-23-15-7)100(112-83)119-94-84(82-110-86(102)74-66-58-50-42-34-26-18-10-2)111-99(118-92(108)80-72-64-56-48-40-32-24-16-8)97(116-90(106)78-70-62-54-46-38-30-22-14-6)96(94)115-89(105)77-69-61-53-45-37-29-21-13-5/h83-84,93-100H,9-82H2,1-8H3/t83-,84-,93-,94-,95+,96+,97-,98-,99+,100+/m1/s1. The molecule has 0 aromatic heterocycles. The Bertz CT molecular complexity index is 2440. The highest BCUT2D eigenvalue weighted by atomic mass is 16.8. The maximum atomic E-state index is 15.1. The molecule has 19 heteroatoms. The summed E-state index contributed by atoms with van der Waals surface area (Å²) < 4.78 is 73.5. The van der Waals surface area contributed by atoms with Crippen LogP contribution in [0, 0.1) is 0 Å². The number of ether oxygens (including phenoxy) is 11. The molecule has 2 saturated heterocycles. The molecule has 0 radical (unpaired) electrons. The van der Waals surface area contributed by atoms with Gasteiger partial charge in [0.05, 0.1) is 0 Å². The van der Waals surface area contributed by atoms with E-state index in [-0.39, 0.29) is 51.4 Å². The number of carbonyl (C=O) groups excluding carboxylic acids is 8. The van der Waals surface area contributed by atoms with Crippen molar-refractivity contribution in [3.05, 3.63) is 0 Å². The number of hydrogen-bond acceptors (Lipinski definition) is 19. The third-order valence-corrected chi connectivity index (χ3v) is 23.8. The van der Waals surface area contributed by atoms with Crippen LogP contribution in [0.2, 0.25) is 0 Å². The van der Waals surface area contributed by atoms with Crippen LogP contribution in [0.5, 0.6) is 0 Å².